The average Bonchev–Trinajstić information content (AvgIpc) is 2.37. The van der Waals surface area contributed by atoms with Crippen molar-refractivity contribution in [2.75, 3.05) is 0 Å². The summed E-state index contributed by atoms with van der Waals surface area (Å²) in [6, 6.07) is 2.22. The molecule has 0 spiro atoms. The number of carboxylic acid groups (broad SMARTS) is 1. The summed E-state index contributed by atoms with van der Waals surface area (Å²) in [7, 11) is -4.40. The molecule has 1 aromatic carbocycles. The van der Waals surface area contributed by atoms with Crippen molar-refractivity contribution in [1.82, 2.24) is 4.72 Å². The van der Waals surface area contributed by atoms with E-state index in [0.717, 1.165) is 0 Å². The minimum Gasteiger partial charge on any atom is -0.477 e. The Hall–Kier alpha value is -2.05. The van der Waals surface area contributed by atoms with Crippen molar-refractivity contribution in [3.63, 3.8) is 0 Å². The molecule has 1 rings (SSSR count). The van der Waals surface area contributed by atoms with E-state index >= 15 is 0 Å². The molecule has 0 aliphatic rings. The molecule has 6 nitrogen and oxygen atoms in total. The Bertz CT molecular complexity index is 698. The zero-order valence-corrected chi connectivity index (χ0v) is 11.7. The van der Waals surface area contributed by atoms with E-state index in [1.807, 2.05) is 0 Å². The van der Waals surface area contributed by atoms with E-state index in [2.05, 4.69) is 4.72 Å². The summed E-state index contributed by atoms with van der Waals surface area (Å²) in [5.74, 6) is -4.96. The number of halogens is 2. The molecule has 1 aromatic rings. The summed E-state index contributed by atoms with van der Waals surface area (Å²) in [6.45, 7) is 1.62. The van der Waals surface area contributed by atoms with Crippen LogP contribution in [0.5, 0.6) is 0 Å². The van der Waals surface area contributed by atoms with Crippen LogP contribution in [0, 0.1) is 23.0 Å². The fourth-order valence-corrected chi connectivity index (χ4v) is 3.00. The molecule has 0 aliphatic heterocycles. The fourth-order valence-electron chi connectivity index (χ4n) is 1.60. The van der Waals surface area contributed by atoms with E-state index in [4.69, 9.17) is 10.4 Å². The van der Waals surface area contributed by atoms with Gasteiger partial charge >= 0.3 is 5.97 Å². The van der Waals surface area contributed by atoms with Gasteiger partial charge < -0.3 is 5.11 Å². The van der Waals surface area contributed by atoms with Gasteiger partial charge in [-0.05, 0) is 18.6 Å². The smallest absolute Gasteiger partial charge is 0.341 e. The van der Waals surface area contributed by atoms with Crippen molar-refractivity contribution >= 4 is 16.0 Å². The molecule has 9 heteroatoms. The third kappa shape index (κ3) is 3.74. The maximum Gasteiger partial charge on any atom is 0.341 e. The van der Waals surface area contributed by atoms with Crippen molar-refractivity contribution in [1.29, 1.82) is 5.26 Å². The van der Waals surface area contributed by atoms with Crippen LogP contribution >= 0.6 is 0 Å². The highest BCUT2D eigenvalue weighted by atomic mass is 32.2. The Balaban J connectivity index is 3.30. The molecule has 1 atom stereocenters. The molecule has 0 aromatic heterocycles. The number of hydrogen-bond acceptors (Lipinski definition) is 4. The molecule has 0 saturated carbocycles. The molecule has 0 saturated heterocycles. The number of nitrogens with one attached hydrogen (secondary N) is 1. The summed E-state index contributed by atoms with van der Waals surface area (Å²) < 4.78 is 53.3. The van der Waals surface area contributed by atoms with Gasteiger partial charge in [-0.2, -0.15) is 5.26 Å². The molecular formula is C12H12F2N2O4S. The molecule has 0 fully saturated rings. The van der Waals surface area contributed by atoms with Crippen LogP contribution in [0.15, 0.2) is 17.0 Å². The van der Waals surface area contributed by atoms with Crippen molar-refractivity contribution < 1.29 is 27.1 Å². The normalized spacial score (nSPS) is 12.7. The van der Waals surface area contributed by atoms with Crippen LogP contribution < -0.4 is 4.72 Å². The van der Waals surface area contributed by atoms with Gasteiger partial charge in [-0.1, -0.05) is 6.92 Å². The number of nitrogens with zero attached hydrogens (tertiary/aromatic N) is 1. The van der Waals surface area contributed by atoms with E-state index < -0.39 is 44.1 Å². The minimum atomic E-state index is -4.40. The molecule has 114 valence electrons. The van der Waals surface area contributed by atoms with Gasteiger partial charge in [-0.3, -0.25) is 0 Å². The molecule has 0 amide bonds. The lowest BCUT2D eigenvalue weighted by atomic mass is 10.2. The topological polar surface area (TPSA) is 107 Å². The SMILES string of the molecule is CCC(CC#N)NS(=O)(=O)c1ccc(F)c(C(=O)O)c1F. The lowest BCUT2D eigenvalue weighted by molar-refractivity contribution is 0.0685. The van der Waals surface area contributed by atoms with Crippen molar-refractivity contribution in [3.8, 4) is 6.07 Å². The molecule has 1 unspecified atom stereocenters. The monoisotopic (exact) mass is 318 g/mol. The van der Waals surface area contributed by atoms with Gasteiger partial charge in [0.2, 0.25) is 10.0 Å². The number of carboxylic acids is 1. The predicted molar refractivity (Wildman–Crippen MR) is 67.9 cm³/mol. The molecule has 2 N–H and O–H groups in total. The first-order valence-corrected chi connectivity index (χ1v) is 7.33. The van der Waals surface area contributed by atoms with Gasteiger partial charge in [-0.25, -0.2) is 26.7 Å². The Kier molecular flexibility index (Phi) is 5.34. The molecule has 0 radical (unpaired) electrons. The molecule has 0 bridgehead atoms. The lowest BCUT2D eigenvalue weighted by Crippen LogP contribution is -2.34. The minimum absolute atomic E-state index is 0.135. The van der Waals surface area contributed by atoms with Crippen molar-refractivity contribution in [2.45, 2.75) is 30.7 Å². The van der Waals surface area contributed by atoms with Crippen LogP contribution in [0.4, 0.5) is 8.78 Å². The van der Waals surface area contributed by atoms with Gasteiger partial charge in [0, 0.05) is 6.04 Å². The highest BCUT2D eigenvalue weighted by Gasteiger charge is 2.28. The second kappa shape index (κ2) is 6.60. The number of hydrogen-bond donors (Lipinski definition) is 2. The number of sulfonamides is 1. The molecule has 21 heavy (non-hydrogen) atoms. The van der Waals surface area contributed by atoms with Gasteiger partial charge in [-0.15, -0.1) is 0 Å². The Morgan fingerprint density at radius 1 is 1.48 bits per heavy atom. The summed E-state index contributed by atoms with van der Waals surface area (Å²) in [5, 5.41) is 17.3. The Morgan fingerprint density at radius 2 is 2.10 bits per heavy atom. The fraction of sp³-hybridized carbons (Fsp3) is 0.333. The van der Waals surface area contributed by atoms with Crippen LogP contribution in [0.3, 0.4) is 0 Å². The second-order valence-electron chi connectivity index (χ2n) is 4.13. The maximum absolute atomic E-state index is 13.9. The van der Waals surface area contributed by atoms with Crippen LogP contribution in [0.2, 0.25) is 0 Å². The first kappa shape index (κ1) is 17.0. The van der Waals surface area contributed by atoms with Crippen LogP contribution in [0.25, 0.3) is 0 Å². The van der Waals surface area contributed by atoms with E-state index in [1.54, 1.807) is 13.0 Å². The Morgan fingerprint density at radius 3 is 2.57 bits per heavy atom. The summed E-state index contributed by atoms with van der Waals surface area (Å²) in [6.07, 6.45) is 0.145. The summed E-state index contributed by atoms with van der Waals surface area (Å²) in [5.41, 5.74) is -1.34. The number of rotatable bonds is 6. The standard InChI is InChI=1S/C12H12F2N2O4S/c1-2-7(5-6-15)16-21(19,20)9-4-3-8(13)10(11(9)14)12(17)18/h3-4,7,16H,2,5H2,1H3,(H,17,18). The van der Waals surface area contributed by atoms with Crippen LogP contribution in [0.1, 0.15) is 30.1 Å². The number of aromatic carboxylic acids is 1. The van der Waals surface area contributed by atoms with E-state index in [1.165, 1.54) is 0 Å². The van der Waals surface area contributed by atoms with Crippen molar-refractivity contribution in [3.05, 3.63) is 29.3 Å². The van der Waals surface area contributed by atoms with Gasteiger partial charge in [0.05, 0.1) is 12.5 Å². The quantitative estimate of drug-likeness (QED) is 0.829. The zero-order valence-electron chi connectivity index (χ0n) is 10.9. The van der Waals surface area contributed by atoms with Crippen molar-refractivity contribution in [2.24, 2.45) is 0 Å². The largest absolute Gasteiger partial charge is 0.477 e. The number of benzene rings is 1. The summed E-state index contributed by atoms with van der Waals surface area (Å²) >= 11 is 0. The van der Waals surface area contributed by atoms with Crippen LogP contribution in [-0.2, 0) is 10.0 Å². The lowest BCUT2D eigenvalue weighted by Gasteiger charge is -2.15. The van der Waals surface area contributed by atoms with Crippen LogP contribution in [-0.4, -0.2) is 25.5 Å². The number of nitriles is 1. The molecular weight excluding hydrogens is 306 g/mol. The van der Waals surface area contributed by atoms with Gasteiger partial charge in [0.1, 0.15) is 16.3 Å². The van der Waals surface area contributed by atoms with E-state index in [-0.39, 0.29) is 12.8 Å². The molecule has 0 heterocycles. The van der Waals surface area contributed by atoms with E-state index in [9.17, 15) is 22.0 Å². The number of carbonyl (C=O) groups is 1. The predicted octanol–water partition coefficient (Wildman–Crippen LogP) is 1.63. The maximum atomic E-state index is 13.9. The highest BCUT2D eigenvalue weighted by molar-refractivity contribution is 7.89. The second-order valence-corrected chi connectivity index (χ2v) is 5.81. The van der Waals surface area contributed by atoms with Gasteiger partial charge in [0.25, 0.3) is 0 Å². The zero-order chi connectivity index (χ0) is 16.2. The summed E-state index contributed by atoms with van der Waals surface area (Å²) in [4.78, 5) is 9.79. The Labute approximate surface area is 120 Å². The highest BCUT2D eigenvalue weighted by Crippen LogP contribution is 2.21. The average molecular weight is 318 g/mol. The van der Waals surface area contributed by atoms with E-state index in [0.29, 0.717) is 12.1 Å². The molecule has 0 aliphatic carbocycles. The third-order valence-electron chi connectivity index (χ3n) is 2.71. The first-order valence-electron chi connectivity index (χ1n) is 5.85. The van der Waals surface area contributed by atoms with Gasteiger partial charge in [0.15, 0.2) is 5.82 Å². The first-order chi connectivity index (χ1) is 9.74. The third-order valence-corrected chi connectivity index (χ3v) is 4.25.